The van der Waals surface area contributed by atoms with Crippen molar-refractivity contribution in [1.29, 1.82) is 5.26 Å². The highest BCUT2D eigenvalue weighted by Gasteiger charge is 2.26. The molecule has 3 aromatic rings. The Bertz CT molecular complexity index is 1150. The van der Waals surface area contributed by atoms with Gasteiger partial charge in [0, 0.05) is 42.7 Å². The van der Waals surface area contributed by atoms with Crippen LogP contribution in [0.1, 0.15) is 17.0 Å². The average molecular weight is 509 g/mol. The molecule has 0 aliphatic carbocycles. The van der Waals surface area contributed by atoms with Crippen LogP contribution in [0.5, 0.6) is 5.75 Å². The number of imidazole rings is 1. The summed E-state index contributed by atoms with van der Waals surface area (Å²) in [6.07, 6.45) is 3.68. The summed E-state index contributed by atoms with van der Waals surface area (Å²) in [6.45, 7) is 2.86. The molecule has 0 spiro atoms. The van der Waals surface area contributed by atoms with Crippen LogP contribution < -0.4 is 9.64 Å². The van der Waals surface area contributed by atoms with Crippen molar-refractivity contribution in [2.45, 2.75) is 13.1 Å². The Kier molecular flexibility index (Phi) is 9.56. The summed E-state index contributed by atoms with van der Waals surface area (Å²) in [6, 6.07) is 15.0. The fourth-order valence-corrected chi connectivity index (χ4v) is 3.92. The first-order valence-corrected chi connectivity index (χ1v) is 10.3. The summed E-state index contributed by atoms with van der Waals surface area (Å²) in [5, 5.41) is 9.78. The molecule has 0 atom stereocenters. The van der Waals surface area contributed by atoms with E-state index in [2.05, 4.69) is 20.5 Å². The number of carbonyl (C=O) groups is 1. The van der Waals surface area contributed by atoms with Crippen molar-refractivity contribution in [3.8, 4) is 11.8 Å². The summed E-state index contributed by atoms with van der Waals surface area (Å²) in [5.74, 6) is 1.49. The Morgan fingerprint density at radius 2 is 1.97 bits per heavy atom. The minimum absolute atomic E-state index is 0. The molecule has 2 heterocycles. The monoisotopic (exact) mass is 507 g/mol. The van der Waals surface area contributed by atoms with Crippen LogP contribution in [-0.4, -0.2) is 47.1 Å². The van der Waals surface area contributed by atoms with E-state index in [4.69, 9.17) is 21.6 Å². The fraction of sp³-hybridized carbons (Fsp3) is 0.261. The third-order valence-electron chi connectivity index (χ3n) is 5.33. The van der Waals surface area contributed by atoms with Crippen molar-refractivity contribution < 1.29 is 9.53 Å². The van der Waals surface area contributed by atoms with E-state index in [1.165, 1.54) is 0 Å². The van der Waals surface area contributed by atoms with Gasteiger partial charge in [-0.05, 0) is 35.9 Å². The standard InChI is InChI=1S/C23H22ClN5O2.2ClH/c1-31-21-11-17(5-6-18(21)13-25)14-28-8-7-26-22(28)15-27-9-10-29(23(30)16-27)20-4-2-3-19(24)12-20;;/h2-8,11-12H,9-10,14-16H2,1H3;2*1H. The topological polar surface area (TPSA) is 74.4 Å². The third kappa shape index (κ3) is 6.18. The number of anilines is 1. The average Bonchev–Trinajstić information content (AvgIpc) is 3.20. The van der Waals surface area contributed by atoms with Crippen molar-refractivity contribution in [3.63, 3.8) is 0 Å². The van der Waals surface area contributed by atoms with Gasteiger partial charge in [0.25, 0.3) is 0 Å². The lowest BCUT2D eigenvalue weighted by Crippen LogP contribution is -2.50. The smallest absolute Gasteiger partial charge is 0.241 e. The Labute approximate surface area is 210 Å². The number of carbonyl (C=O) groups excluding carboxylic acids is 1. The number of benzene rings is 2. The molecular formula is C23H24Cl3N5O2. The number of amides is 1. The van der Waals surface area contributed by atoms with Crippen LogP contribution in [0.2, 0.25) is 5.02 Å². The second-order valence-electron chi connectivity index (χ2n) is 7.35. The highest BCUT2D eigenvalue weighted by molar-refractivity contribution is 6.30. The molecule has 1 aliphatic rings. The van der Waals surface area contributed by atoms with E-state index in [9.17, 15) is 4.79 Å². The molecule has 1 saturated heterocycles. The number of hydrogen-bond donors (Lipinski definition) is 0. The molecule has 0 N–H and O–H groups in total. The quantitative estimate of drug-likeness (QED) is 0.500. The van der Waals surface area contributed by atoms with E-state index in [-0.39, 0.29) is 30.7 Å². The summed E-state index contributed by atoms with van der Waals surface area (Å²) in [5.41, 5.74) is 2.35. The molecular weight excluding hydrogens is 485 g/mol. The Hall–Kier alpha value is -2.76. The normalized spacial score (nSPS) is 13.6. The van der Waals surface area contributed by atoms with E-state index < -0.39 is 0 Å². The maximum atomic E-state index is 12.7. The Morgan fingerprint density at radius 3 is 2.67 bits per heavy atom. The zero-order chi connectivity index (χ0) is 21.8. The van der Waals surface area contributed by atoms with Crippen LogP contribution in [-0.2, 0) is 17.9 Å². The Morgan fingerprint density at radius 1 is 1.15 bits per heavy atom. The molecule has 1 fully saturated rings. The van der Waals surface area contributed by atoms with E-state index in [1.807, 2.05) is 36.5 Å². The van der Waals surface area contributed by atoms with Gasteiger partial charge in [-0.1, -0.05) is 23.7 Å². The summed E-state index contributed by atoms with van der Waals surface area (Å²) in [7, 11) is 1.56. The zero-order valence-electron chi connectivity index (χ0n) is 18.0. The minimum atomic E-state index is 0. The molecule has 174 valence electrons. The predicted octanol–water partition coefficient (Wildman–Crippen LogP) is 4.16. The van der Waals surface area contributed by atoms with Crippen molar-refractivity contribution in [1.82, 2.24) is 14.5 Å². The number of nitriles is 1. The summed E-state index contributed by atoms with van der Waals surface area (Å²) >= 11 is 6.07. The van der Waals surface area contributed by atoms with E-state index in [1.54, 1.807) is 30.3 Å². The molecule has 0 saturated carbocycles. The minimum Gasteiger partial charge on any atom is -0.495 e. The van der Waals surface area contributed by atoms with Crippen molar-refractivity contribution in [2.24, 2.45) is 0 Å². The van der Waals surface area contributed by atoms with Gasteiger partial charge in [-0.2, -0.15) is 5.26 Å². The van der Waals surface area contributed by atoms with Crippen LogP contribution >= 0.6 is 36.4 Å². The first-order chi connectivity index (χ1) is 15.1. The van der Waals surface area contributed by atoms with Gasteiger partial charge in [0.15, 0.2) is 0 Å². The van der Waals surface area contributed by atoms with Gasteiger partial charge in [0.05, 0.1) is 25.8 Å². The predicted molar refractivity (Wildman–Crippen MR) is 133 cm³/mol. The molecule has 2 aromatic carbocycles. The largest absolute Gasteiger partial charge is 0.495 e. The molecule has 0 unspecified atom stereocenters. The third-order valence-corrected chi connectivity index (χ3v) is 5.56. The summed E-state index contributed by atoms with van der Waals surface area (Å²) in [4.78, 5) is 21.1. The van der Waals surface area contributed by atoms with Crippen molar-refractivity contribution in [3.05, 3.63) is 76.8 Å². The summed E-state index contributed by atoms with van der Waals surface area (Å²) < 4.78 is 7.36. The van der Waals surface area contributed by atoms with Gasteiger partial charge in [-0.15, -0.1) is 24.8 Å². The fourth-order valence-electron chi connectivity index (χ4n) is 3.73. The highest BCUT2D eigenvalue weighted by atomic mass is 35.5. The first kappa shape index (κ1) is 26.5. The molecule has 7 nitrogen and oxygen atoms in total. The number of ether oxygens (including phenoxy) is 1. The Balaban J connectivity index is 0.00000193. The number of methoxy groups -OCH3 is 1. The van der Waals surface area contributed by atoms with Crippen LogP contribution in [0.3, 0.4) is 0 Å². The molecule has 1 amide bonds. The van der Waals surface area contributed by atoms with Gasteiger partial charge in [-0.25, -0.2) is 4.98 Å². The lowest BCUT2D eigenvalue weighted by atomic mass is 10.1. The molecule has 1 aliphatic heterocycles. The van der Waals surface area contributed by atoms with E-state index >= 15 is 0 Å². The molecule has 33 heavy (non-hydrogen) atoms. The molecule has 0 bridgehead atoms. The second-order valence-corrected chi connectivity index (χ2v) is 7.79. The second kappa shape index (κ2) is 11.9. The molecule has 4 rings (SSSR count). The van der Waals surface area contributed by atoms with Gasteiger partial charge in [-0.3, -0.25) is 9.69 Å². The number of nitrogens with zero attached hydrogens (tertiary/aromatic N) is 5. The zero-order valence-corrected chi connectivity index (χ0v) is 20.4. The van der Waals surface area contributed by atoms with Crippen LogP contribution in [0.25, 0.3) is 0 Å². The SMILES string of the molecule is COc1cc(Cn2ccnc2CN2CCN(c3cccc(Cl)c3)C(=O)C2)ccc1C#N.Cl.Cl. The number of piperazine rings is 1. The lowest BCUT2D eigenvalue weighted by molar-refractivity contribution is -0.121. The van der Waals surface area contributed by atoms with Gasteiger partial charge >= 0.3 is 0 Å². The van der Waals surface area contributed by atoms with Crippen LogP contribution in [0.4, 0.5) is 5.69 Å². The molecule has 1 aromatic heterocycles. The maximum absolute atomic E-state index is 12.7. The lowest BCUT2D eigenvalue weighted by Gasteiger charge is -2.34. The van der Waals surface area contributed by atoms with Crippen LogP contribution in [0, 0.1) is 11.3 Å². The number of aromatic nitrogens is 2. The van der Waals surface area contributed by atoms with E-state index in [0.29, 0.717) is 42.5 Å². The molecule has 10 heteroatoms. The van der Waals surface area contributed by atoms with Gasteiger partial charge < -0.3 is 14.2 Å². The number of rotatable bonds is 6. The molecule has 0 radical (unpaired) electrons. The van der Waals surface area contributed by atoms with Gasteiger partial charge in [0.1, 0.15) is 17.6 Å². The van der Waals surface area contributed by atoms with Gasteiger partial charge in [0.2, 0.25) is 5.91 Å². The van der Waals surface area contributed by atoms with Crippen molar-refractivity contribution in [2.75, 3.05) is 31.6 Å². The number of hydrogen-bond acceptors (Lipinski definition) is 5. The number of halogens is 3. The highest BCUT2D eigenvalue weighted by Crippen LogP contribution is 2.23. The van der Waals surface area contributed by atoms with Crippen molar-refractivity contribution >= 4 is 48.0 Å². The van der Waals surface area contributed by atoms with Crippen LogP contribution in [0.15, 0.2) is 54.9 Å². The first-order valence-electron chi connectivity index (χ1n) is 9.92. The maximum Gasteiger partial charge on any atom is 0.241 e. The van der Waals surface area contributed by atoms with E-state index in [0.717, 1.165) is 23.6 Å².